The highest BCUT2D eigenvalue weighted by molar-refractivity contribution is 7.65. The first-order valence-electron chi connectivity index (χ1n) is 20.8. The summed E-state index contributed by atoms with van der Waals surface area (Å²) in [6.07, 6.45) is 0. The van der Waals surface area contributed by atoms with Gasteiger partial charge < -0.3 is 26.8 Å². The molecule has 15 aromatic rings. The Morgan fingerprint density at radius 3 is 1.06 bits per heavy atom. The van der Waals surface area contributed by atoms with Gasteiger partial charge in [-0.25, -0.2) is 0 Å². The Morgan fingerprint density at radius 2 is 0.661 bits per heavy atom. The third-order valence-electron chi connectivity index (χ3n) is 12.7. The molecule has 2 unspecified atom stereocenters. The Labute approximate surface area is 353 Å². The Balaban J connectivity index is 1.30. The van der Waals surface area contributed by atoms with E-state index in [0.717, 1.165) is 121 Å². The van der Waals surface area contributed by atoms with Crippen molar-refractivity contribution in [2.24, 2.45) is 0 Å². The van der Waals surface area contributed by atoms with E-state index in [0.29, 0.717) is 0 Å². The molecule has 2 atom stereocenters. The second-order valence-electron chi connectivity index (χ2n) is 16.1. The highest BCUT2D eigenvalue weighted by atomic mass is 31.1. The molecule has 0 fully saturated rings. The van der Waals surface area contributed by atoms with Crippen molar-refractivity contribution in [3.63, 3.8) is 0 Å². The lowest BCUT2D eigenvalue weighted by Gasteiger charge is -2.26. The third kappa shape index (κ3) is 4.25. The van der Waals surface area contributed by atoms with Crippen molar-refractivity contribution < 1.29 is 17.7 Å². The first-order chi connectivity index (χ1) is 30.8. The van der Waals surface area contributed by atoms with E-state index in [1.807, 2.05) is 0 Å². The summed E-state index contributed by atoms with van der Waals surface area (Å²) in [5, 5.41) is 6.83. The van der Waals surface area contributed by atoms with Crippen LogP contribution in [0.3, 0.4) is 0 Å². The molecule has 0 aliphatic carbocycles. The summed E-state index contributed by atoms with van der Waals surface area (Å²) in [6, 6.07) is 64.3. The van der Waals surface area contributed by atoms with Crippen LogP contribution in [-0.2, 0) is 0 Å². The van der Waals surface area contributed by atoms with Gasteiger partial charge in [0.25, 0.3) is 0 Å². The zero-order chi connectivity index (χ0) is 40.2. The Kier molecular flexibility index (Phi) is 6.43. The van der Waals surface area contributed by atoms with Gasteiger partial charge in [-0.2, -0.15) is 0 Å². The van der Waals surface area contributed by atoms with Gasteiger partial charge in [-0.05, 0) is 95.1 Å². The van der Waals surface area contributed by atoms with Crippen molar-refractivity contribution in [3.05, 3.63) is 182 Å². The van der Waals surface area contributed by atoms with Gasteiger partial charge in [0.1, 0.15) is 44.5 Å². The highest BCUT2D eigenvalue weighted by Crippen LogP contribution is 2.62. The monoisotopic (exact) mass is 832 g/mol. The van der Waals surface area contributed by atoms with Gasteiger partial charge in [0, 0.05) is 11.4 Å². The van der Waals surface area contributed by atoms with Crippen molar-refractivity contribution in [1.29, 1.82) is 0 Å². The average molecular weight is 833 g/mol. The van der Waals surface area contributed by atoms with Crippen LogP contribution in [0.1, 0.15) is 0 Å². The number of fused-ring (bicyclic) bond motifs is 2. The summed E-state index contributed by atoms with van der Waals surface area (Å²) in [6.45, 7) is 0. The number of benzene rings is 9. The van der Waals surface area contributed by atoms with E-state index in [2.05, 4.69) is 191 Å². The fourth-order valence-electron chi connectivity index (χ4n) is 10.2. The van der Waals surface area contributed by atoms with Gasteiger partial charge in [-0.1, -0.05) is 124 Å². The lowest BCUT2D eigenvalue weighted by atomic mass is 10.1. The fourth-order valence-corrected chi connectivity index (χ4v) is 15.9. The number of hydrogen-bond acceptors (Lipinski definition) is 4. The molecule has 0 radical (unpaired) electrons. The fraction of sp³-hybridized carbons (Fsp3) is 0. The smallest absolute Gasteiger partial charge is 0.166 e. The van der Waals surface area contributed by atoms with Crippen molar-refractivity contribution in [2.45, 2.75) is 0 Å². The summed E-state index contributed by atoms with van der Waals surface area (Å²) in [5.74, 6) is 0. The lowest BCUT2D eigenvalue weighted by molar-refractivity contribution is 0.647. The molecule has 0 N–H and O–H groups in total. The second kappa shape index (κ2) is 12.0. The summed E-state index contributed by atoms with van der Waals surface area (Å²) in [4.78, 5) is 0. The minimum absolute atomic E-state index is 0.827. The first-order valence-corrected chi connectivity index (χ1v) is 23.4. The molecule has 6 heterocycles. The van der Waals surface area contributed by atoms with E-state index in [-0.39, 0.29) is 0 Å². The van der Waals surface area contributed by atoms with Crippen molar-refractivity contribution in [1.82, 2.24) is 9.13 Å². The Hall–Kier alpha value is -7.62. The lowest BCUT2D eigenvalue weighted by Crippen LogP contribution is -2.05. The summed E-state index contributed by atoms with van der Waals surface area (Å²) < 4.78 is 34.1. The Bertz CT molecular complexity index is 4030. The van der Waals surface area contributed by atoms with E-state index >= 15 is 0 Å². The maximum Gasteiger partial charge on any atom is 0.166 e. The predicted molar refractivity (Wildman–Crippen MR) is 256 cm³/mol. The molecular formula is C54H30N2O4P2. The van der Waals surface area contributed by atoms with E-state index in [1.165, 1.54) is 10.2 Å². The predicted octanol–water partition coefficient (Wildman–Crippen LogP) is 17.1. The molecule has 15 rings (SSSR count). The van der Waals surface area contributed by atoms with Crippen molar-refractivity contribution >= 4 is 112 Å². The van der Waals surface area contributed by atoms with Crippen LogP contribution in [0.4, 0.5) is 0 Å². The van der Waals surface area contributed by atoms with E-state index in [4.69, 9.17) is 17.7 Å². The minimum atomic E-state index is -1.20. The van der Waals surface area contributed by atoms with Crippen LogP contribution in [0, 0.1) is 0 Å². The van der Waals surface area contributed by atoms with Crippen LogP contribution in [-0.4, -0.2) is 9.13 Å². The standard InChI is InChI=1S/C54H30N2O4P2/c1-5-15-31(16-6-1)33-27-41-51-43(29-33)59-47-45-54-48(46-53(47)61(51)49-37(23-13-25-39(49)57-41)56(46)36-21-11-4-12-22-36)60-44-30-34(32-17-7-2-8-18-32)28-42-52(44)62(54)50-38(24-14-26-40(50)58-42)55(45)35-19-9-3-10-20-35/h1-30H. The van der Waals surface area contributed by atoms with Gasteiger partial charge in [0.15, 0.2) is 11.2 Å². The molecule has 0 saturated carbocycles. The molecule has 0 saturated heterocycles. The molecule has 0 bridgehead atoms. The normalized spacial score (nSPS) is 13.1. The Morgan fingerprint density at radius 1 is 0.290 bits per heavy atom. The summed E-state index contributed by atoms with van der Waals surface area (Å²) in [7, 11) is -2.41. The number of rotatable bonds is 4. The first kappa shape index (κ1) is 33.1. The van der Waals surface area contributed by atoms with Crippen LogP contribution in [0.25, 0.3) is 131 Å². The van der Waals surface area contributed by atoms with Crippen molar-refractivity contribution in [3.8, 4) is 33.6 Å². The molecule has 0 amide bonds. The van der Waals surface area contributed by atoms with Gasteiger partial charge in [0.2, 0.25) is 0 Å². The molecule has 62 heavy (non-hydrogen) atoms. The molecule has 6 nitrogen and oxygen atoms in total. The number of aromatic nitrogens is 2. The number of nitrogens with zero attached hydrogens (tertiary/aromatic N) is 2. The largest absolute Gasteiger partial charge is 0.455 e. The molecule has 8 heteroatoms. The van der Waals surface area contributed by atoms with E-state index in [9.17, 15) is 0 Å². The molecule has 0 spiro atoms. The van der Waals surface area contributed by atoms with Gasteiger partial charge >= 0.3 is 0 Å². The maximum absolute atomic E-state index is 7.63. The zero-order valence-electron chi connectivity index (χ0n) is 32.7. The maximum atomic E-state index is 7.63. The van der Waals surface area contributed by atoms with Crippen LogP contribution < -0.4 is 0 Å². The number of hydrogen-bond donors (Lipinski definition) is 0. The average Bonchev–Trinajstić information content (AvgIpc) is 3.33. The third-order valence-corrected chi connectivity index (χ3v) is 18.0. The van der Waals surface area contributed by atoms with Gasteiger partial charge in [-0.3, -0.25) is 0 Å². The van der Waals surface area contributed by atoms with Gasteiger partial charge in [-0.15, -0.1) is 0 Å². The van der Waals surface area contributed by atoms with E-state index < -0.39 is 14.7 Å². The zero-order valence-corrected chi connectivity index (χ0v) is 34.5. The van der Waals surface area contributed by atoms with Crippen molar-refractivity contribution in [2.75, 3.05) is 0 Å². The van der Waals surface area contributed by atoms with Gasteiger partial charge in [0.05, 0.1) is 41.7 Å². The topological polar surface area (TPSA) is 62.4 Å². The molecule has 0 aliphatic rings. The van der Waals surface area contributed by atoms with Crippen LogP contribution >= 0.6 is 14.7 Å². The molecule has 0 aliphatic heterocycles. The van der Waals surface area contributed by atoms with E-state index in [1.54, 1.807) is 0 Å². The molecular weight excluding hydrogens is 803 g/mol. The SMILES string of the molecule is c1ccc(-c2cc3oc4cccc5c4p4c3c(c2)oc2c3c6c(oc7cc(-c8ccccc8)cc8oc9cccc(c9p6c87)n3-c3ccccc3)c(c24)n5-c2ccccc2)cc1. The highest BCUT2D eigenvalue weighted by Gasteiger charge is 2.32. The summed E-state index contributed by atoms with van der Waals surface area (Å²) >= 11 is 0. The summed E-state index contributed by atoms with van der Waals surface area (Å²) in [5.41, 5.74) is 17.4. The number of para-hydroxylation sites is 2. The molecule has 9 aromatic carbocycles. The van der Waals surface area contributed by atoms with Crippen LogP contribution in [0.15, 0.2) is 200 Å². The molecule has 290 valence electrons. The van der Waals surface area contributed by atoms with Crippen LogP contribution in [0.5, 0.6) is 0 Å². The second-order valence-corrected chi connectivity index (χ2v) is 20.1. The molecule has 6 aromatic heterocycles. The minimum Gasteiger partial charge on any atom is -0.455 e. The van der Waals surface area contributed by atoms with Crippen LogP contribution in [0.2, 0.25) is 0 Å². The quantitative estimate of drug-likeness (QED) is 0.131.